The SMILES string of the molecule is Cc1nc2ncn(C3OC(CO)C(O)C3O)c2nc1C. The number of hydrogen-bond donors (Lipinski definition) is 3. The van der Waals surface area contributed by atoms with Gasteiger partial charge in [-0.3, -0.25) is 4.57 Å². The molecule has 8 heteroatoms. The zero-order chi connectivity index (χ0) is 14.4. The van der Waals surface area contributed by atoms with Gasteiger partial charge in [-0.05, 0) is 13.8 Å². The van der Waals surface area contributed by atoms with Gasteiger partial charge in [0.15, 0.2) is 17.5 Å². The Balaban J connectivity index is 2.05. The minimum atomic E-state index is -1.16. The van der Waals surface area contributed by atoms with E-state index in [1.807, 2.05) is 13.8 Å². The first-order valence-corrected chi connectivity index (χ1v) is 6.33. The summed E-state index contributed by atoms with van der Waals surface area (Å²) in [6, 6.07) is 0. The molecule has 20 heavy (non-hydrogen) atoms. The Morgan fingerprint density at radius 1 is 1.20 bits per heavy atom. The number of imidazole rings is 1. The Bertz CT molecular complexity index is 644. The van der Waals surface area contributed by atoms with Crippen LogP contribution in [-0.4, -0.2) is 59.8 Å². The zero-order valence-electron chi connectivity index (χ0n) is 11.1. The summed E-state index contributed by atoms with van der Waals surface area (Å²) in [6.07, 6.45) is -2.52. The Morgan fingerprint density at radius 2 is 1.90 bits per heavy atom. The van der Waals surface area contributed by atoms with Gasteiger partial charge < -0.3 is 20.1 Å². The maximum absolute atomic E-state index is 10.0. The number of hydrogen-bond acceptors (Lipinski definition) is 7. The van der Waals surface area contributed by atoms with Crippen molar-refractivity contribution in [3.05, 3.63) is 17.7 Å². The van der Waals surface area contributed by atoms with Crippen LogP contribution in [0, 0.1) is 13.8 Å². The third kappa shape index (κ3) is 1.88. The van der Waals surface area contributed by atoms with Gasteiger partial charge in [0.2, 0.25) is 0 Å². The van der Waals surface area contributed by atoms with Crippen LogP contribution in [0.25, 0.3) is 11.3 Å². The molecule has 3 rings (SSSR count). The molecule has 1 aliphatic heterocycles. The van der Waals surface area contributed by atoms with Gasteiger partial charge in [0, 0.05) is 0 Å². The Hall–Kier alpha value is -1.61. The molecule has 108 valence electrons. The Morgan fingerprint density at radius 3 is 2.55 bits per heavy atom. The van der Waals surface area contributed by atoms with E-state index < -0.39 is 24.5 Å². The summed E-state index contributed by atoms with van der Waals surface area (Å²) in [5, 5.41) is 28.9. The molecule has 0 radical (unpaired) electrons. The van der Waals surface area contributed by atoms with E-state index in [9.17, 15) is 10.2 Å². The lowest BCUT2D eigenvalue weighted by Gasteiger charge is -2.16. The average Bonchev–Trinajstić information content (AvgIpc) is 2.94. The van der Waals surface area contributed by atoms with Gasteiger partial charge >= 0.3 is 0 Å². The van der Waals surface area contributed by atoms with Crippen molar-refractivity contribution in [1.82, 2.24) is 19.5 Å². The summed E-state index contributed by atoms with van der Waals surface area (Å²) < 4.78 is 6.99. The molecule has 8 nitrogen and oxygen atoms in total. The molecule has 1 saturated heterocycles. The summed E-state index contributed by atoms with van der Waals surface area (Å²) in [6.45, 7) is 3.30. The normalized spacial score (nSPS) is 30.2. The highest BCUT2D eigenvalue weighted by molar-refractivity contribution is 5.66. The largest absolute Gasteiger partial charge is 0.394 e. The van der Waals surface area contributed by atoms with E-state index in [0.29, 0.717) is 11.3 Å². The van der Waals surface area contributed by atoms with Crippen LogP contribution >= 0.6 is 0 Å². The minimum Gasteiger partial charge on any atom is -0.394 e. The van der Waals surface area contributed by atoms with E-state index >= 15 is 0 Å². The molecule has 3 heterocycles. The number of aryl methyl sites for hydroxylation is 2. The molecule has 1 aliphatic rings. The van der Waals surface area contributed by atoms with Crippen LogP contribution in [0.4, 0.5) is 0 Å². The first-order valence-electron chi connectivity index (χ1n) is 6.33. The highest BCUT2D eigenvalue weighted by Gasteiger charge is 2.43. The van der Waals surface area contributed by atoms with Crippen molar-refractivity contribution >= 4 is 11.3 Å². The quantitative estimate of drug-likeness (QED) is 0.650. The summed E-state index contributed by atoms with van der Waals surface area (Å²) in [7, 11) is 0. The molecule has 4 unspecified atom stereocenters. The number of aromatic nitrogens is 4. The average molecular weight is 280 g/mol. The first kappa shape index (κ1) is 13.4. The standard InChI is InChI=1S/C12H16N4O4/c1-5-6(2)15-11-10(14-5)13-4-16(11)12-9(19)8(18)7(3-17)20-12/h4,7-9,12,17-19H,3H2,1-2H3. The van der Waals surface area contributed by atoms with Gasteiger partial charge in [-0.15, -0.1) is 0 Å². The second-order valence-electron chi connectivity index (χ2n) is 4.92. The number of nitrogens with zero attached hydrogens (tertiary/aromatic N) is 4. The van der Waals surface area contributed by atoms with Crippen LogP contribution in [0.15, 0.2) is 6.33 Å². The lowest BCUT2D eigenvalue weighted by molar-refractivity contribution is -0.0511. The van der Waals surface area contributed by atoms with E-state index in [4.69, 9.17) is 9.84 Å². The fourth-order valence-electron chi connectivity index (χ4n) is 2.31. The molecule has 0 amide bonds. The molecule has 0 aliphatic carbocycles. The van der Waals surface area contributed by atoms with Gasteiger partial charge in [0.25, 0.3) is 0 Å². The number of rotatable bonds is 2. The van der Waals surface area contributed by atoms with Crippen LogP contribution in [0.2, 0.25) is 0 Å². The maximum atomic E-state index is 10.0. The molecule has 4 atom stereocenters. The predicted molar refractivity (Wildman–Crippen MR) is 67.8 cm³/mol. The fraction of sp³-hybridized carbons (Fsp3) is 0.583. The Labute approximate surface area is 114 Å². The first-order chi connectivity index (χ1) is 9.52. The van der Waals surface area contributed by atoms with Gasteiger partial charge in [0.1, 0.15) is 24.6 Å². The zero-order valence-corrected chi connectivity index (χ0v) is 11.1. The van der Waals surface area contributed by atoms with Crippen molar-refractivity contribution in [3.8, 4) is 0 Å². The molecule has 0 aromatic carbocycles. The lowest BCUT2D eigenvalue weighted by atomic mass is 10.1. The number of ether oxygens (including phenoxy) is 1. The smallest absolute Gasteiger partial charge is 0.197 e. The molecule has 2 aromatic heterocycles. The molecule has 0 bridgehead atoms. The van der Waals surface area contributed by atoms with Crippen molar-refractivity contribution in [1.29, 1.82) is 0 Å². The predicted octanol–water partition coefficient (Wildman–Crippen LogP) is -0.945. The third-order valence-corrected chi connectivity index (χ3v) is 3.61. The molecule has 1 fully saturated rings. The van der Waals surface area contributed by atoms with Crippen LogP contribution in [0.5, 0.6) is 0 Å². The van der Waals surface area contributed by atoms with Crippen molar-refractivity contribution in [2.75, 3.05) is 6.61 Å². The molecule has 0 saturated carbocycles. The maximum Gasteiger partial charge on any atom is 0.197 e. The van der Waals surface area contributed by atoms with Crippen LogP contribution in [0.3, 0.4) is 0 Å². The minimum absolute atomic E-state index is 0.370. The fourth-order valence-corrected chi connectivity index (χ4v) is 2.31. The van der Waals surface area contributed by atoms with Crippen molar-refractivity contribution in [2.45, 2.75) is 38.4 Å². The Kier molecular flexibility index (Phi) is 3.17. The second kappa shape index (κ2) is 4.74. The highest BCUT2D eigenvalue weighted by atomic mass is 16.6. The molecule has 0 spiro atoms. The van der Waals surface area contributed by atoms with Crippen molar-refractivity contribution in [3.63, 3.8) is 0 Å². The van der Waals surface area contributed by atoms with E-state index in [-0.39, 0.29) is 6.61 Å². The molecule has 3 N–H and O–H groups in total. The van der Waals surface area contributed by atoms with E-state index in [2.05, 4.69) is 15.0 Å². The number of aliphatic hydroxyl groups is 3. The number of aliphatic hydroxyl groups excluding tert-OH is 3. The van der Waals surface area contributed by atoms with E-state index in [0.717, 1.165) is 11.4 Å². The van der Waals surface area contributed by atoms with Crippen LogP contribution < -0.4 is 0 Å². The van der Waals surface area contributed by atoms with Gasteiger partial charge in [-0.1, -0.05) is 0 Å². The van der Waals surface area contributed by atoms with Crippen molar-refractivity contribution < 1.29 is 20.1 Å². The van der Waals surface area contributed by atoms with Crippen LogP contribution in [0.1, 0.15) is 17.6 Å². The van der Waals surface area contributed by atoms with Crippen molar-refractivity contribution in [2.24, 2.45) is 0 Å². The molecular formula is C12H16N4O4. The second-order valence-corrected chi connectivity index (χ2v) is 4.92. The van der Waals surface area contributed by atoms with Gasteiger partial charge in [0.05, 0.1) is 18.0 Å². The monoisotopic (exact) mass is 280 g/mol. The summed E-state index contributed by atoms with van der Waals surface area (Å²) in [5.41, 5.74) is 2.46. The molecule has 2 aromatic rings. The number of fused-ring (bicyclic) bond motifs is 1. The summed E-state index contributed by atoms with van der Waals surface area (Å²) in [4.78, 5) is 12.8. The summed E-state index contributed by atoms with van der Waals surface area (Å²) >= 11 is 0. The third-order valence-electron chi connectivity index (χ3n) is 3.61. The van der Waals surface area contributed by atoms with Crippen LogP contribution in [-0.2, 0) is 4.74 Å². The topological polar surface area (TPSA) is 114 Å². The van der Waals surface area contributed by atoms with E-state index in [1.165, 1.54) is 10.9 Å². The van der Waals surface area contributed by atoms with E-state index in [1.54, 1.807) is 0 Å². The highest BCUT2D eigenvalue weighted by Crippen LogP contribution is 2.31. The van der Waals surface area contributed by atoms with Gasteiger partial charge in [-0.25, -0.2) is 15.0 Å². The van der Waals surface area contributed by atoms with Gasteiger partial charge in [-0.2, -0.15) is 0 Å². The summed E-state index contributed by atoms with van der Waals surface area (Å²) in [5.74, 6) is 0. The molecular weight excluding hydrogens is 264 g/mol. The lowest BCUT2D eigenvalue weighted by Crippen LogP contribution is -2.33.